The molecule has 0 radical (unpaired) electrons. The molecular weight excluding hydrogens is 399 g/mol. The van der Waals surface area contributed by atoms with Gasteiger partial charge in [0.05, 0.1) is 12.2 Å². The van der Waals surface area contributed by atoms with Gasteiger partial charge in [-0.15, -0.1) is 0 Å². The molecule has 3 aromatic rings. The number of ether oxygens (including phenoxy) is 1. The van der Waals surface area contributed by atoms with Crippen molar-refractivity contribution in [2.24, 2.45) is 0 Å². The summed E-state index contributed by atoms with van der Waals surface area (Å²) in [5.41, 5.74) is 1.04. The van der Waals surface area contributed by atoms with Gasteiger partial charge >= 0.3 is 0 Å². The number of amides is 2. The predicted octanol–water partition coefficient (Wildman–Crippen LogP) is 3.01. The van der Waals surface area contributed by atoms with Crippen LogP contribution >= 0.6 is 0 Å². The number of carbonyl (C=O) groups excluding carboxylic acids is 2. The topological polar surface area (TPSA) is 67.7 Å². The highest BCUT2D eigenvalue weighted by atomic mass is 19.1. The number of piperazine rings is 1. The van der Waals surface area contributed by atoms with E-state index in [1.54, 1.807) is 58.5 Å². The number of halogens is 1. The number of hydrogen-bond acceptors (Lipinski definition) is 4. The van der Waals surface area contributed by atoms with Crippen molar-refractivity contribution in [2.75, 3.05) is 32.8 Å². The van der Waals surface area contributed by atoms with Gasteiger partial charge in [0.2, 0.25) is 0 Å². The molecule has 0 saturated carbocycles. The monoisotopic (exact) mass is 422 g/mol. The third kappa shape index (κ3) is 4.28. The molecule has 0 aliphatic carbocycles. The highest BCUT2D eigenvalue weighted by molar-refractivity contribution is 5.97. The molecule has 160 valence electrons. The minimum absolute atomic E-state index is 0.111. The maximum absolute atomic E-state index is 14.0. The third-order valence-electron chi connectivity index (χ3n) is 5.18. The number of para-hydroxylation sites is 2. The zero-order valence-corrected chi connectivity index (χ0v) is 17.2. The van der Waals surface area contributed by atoms with Crippen LogP contribution in [-0.2, 0) is 0 Å². The molecule has 0 atom stereocenters. The van der Waals surface area contributed by atoms with Crippen molar-refractivity contribution < 1.29 is 18.7 Å². The fraction of sp³-hybridized carbons (Fsp3) is 0.261. The van der Waals surface area contributed by atoms with Crippen molar-refractivity contribution in [3.63, 3.8) is 0 Å². The van der Waals surface area contributed by atoms with Crippen LogP contribution in [0.3, 0.4) is 0 Å². The molecule has 7 nitrogen and oxygen atoms in total. The van der Waals surface area contributed by atoms with E-state index in [2.05, 4.69) is 5.10 Å². The van der Waals surface area contributed by atoms with E-state index in [4.69, 9.17) is 4.74 Å². The molecule has 2 amide bonds. The van der Waals surface area contributed by atoms with Gasteiger partial charge in [-0.1, -0.05) is 24.3 Å². The molecule has 1 aliphatic heterocycles. The maximum atomic E-state index is 14.0. The first-order chi connectivity index (χ1) is 15.1. The number of carbonyl (C=O) groups is 2. The van der Waals surface area contributed by atoms with Crippen molar-refractivity contribution >= 4 is 11.8 Å². The lowest BCUT2D eigenvalue weighted by Crippen LogP contribution is -2.50. The second kappa shape index (κ2) is 8.99. The van der Waals surface area contributed by atoms with E-state index in [0.29, 0.717) is 44.1 Å². The molecule has 1 aromatic heterocycles. The largest absolute Gasteiger partial charge is 0.493 e. The highest BCUT2D eigenvalue weighted by Crippen LogP contribution is 2.21. The average molecular weight is 422 g/mol. The molecule has 1 fully saturated rings. The number of rotatable bonds is 5. The average Bonchev–Trinajstić information content (AvgIpc) is 3.29. The second-order valence-electron chi connectivity index (χ2n) is 7.11. The van der Waals surface area contributed by atoms with Crippen LogP contribution in [-0.4, -0.2) is 64.2 Å². The van der Waals surface area contributed by atoms with Crippen LogP contribution in [0, 0.1) is 5.82 Å². The van der Waals surface area contributed by atoms with E-state index in [0.717, 1.165) is 0 Å². The maximum Gasteiger partial charge on any atom is 0.274 e. The molecule has 31 heavy (non-hydrogen) atoms. The van der Waals surface area contributed by atoms with Crippen molar-refractivity contribution in [1.29, 1.82) is 0 Å². The Morgan fingerprint density at radius 3 is 2.29 bits per heavy atom. The van der Waals surface area contributed by atoms with Crippen molar-refractivity contribution in [3.8, 4) is 11.4 Å². The van der Waals surface area contributed by atoms with Gasteiger partial charge in [0.1, 0.15) is 17.3 Å². The SMILES string of the molecule is CCOc1ccccc1C(=O)N1CCN(C(=O)c2ccn(-c3ccccc3F)n2)CC1. The molecule has 0 spiro atoms. The van der Waals surface area contributed by atoms with E-state index in [1.807, 2.05) is 13.0 Å². The van der Waals surface area contributed by atoms with Crippen LogP contribution in [0.2, 0.25) is 0 Å². The lowest BCUT2D eigenvalue weighted by atomic mass is 10.1. The first-order valence-corrected chi connectivity index (χ1v) is 10.2. The predicted molar refractivity (Wildman–Crippen MR) is 113 cm³/mol. The summed E-state index contributed by atoms with van der Waals surface area (Å²) in [5, 5.41) is 4.24. The standard InChI is InChI=1S/C23H23FN4O3/c1-2-31-21-10-6-3-7-17(21)22(29)26-13-15-27(16-14-26)23(30)19-11-12-28(25-19)20-9-5-4-8-18(20)24/h3-12H,2,13-16H2,1H3. The molecule has 0 bridgehead atoms. The first kappa shape index (κ1) is 20.6. The smallest absolute Gasteiger partial charge is 0.274 e. The van der Waals surface area contributed by atoms with E-state index in [1.165, 1.54) is 10.7 Å². The van der Waals surface area contributed by atoms with E-state index < -0.39 is 5.82 Å². The Kier molecular flexibility index (Phi) is 5.97. The first-order valence-electron chi connectivity index (χ1n) is 10.2. The molecule has 2 aromatic carbocycles. The van der Waals surface area contributed by atoms with Gasteiger partial charge in [0.15, 0.2) is 5.69 Å². The minimum atomic E-state index is -0.413. The van der Waals surface area contributed by atoms with Crippen LogP contribution in [0.15, 0.2) is 60.8 Å². The number of aromatic nitrogens is 2. The van der Waals surface area contributed by atoms with Crippen LogP contribution in [0.25, 0.3) is 5.69 Å². The Bertz CT molecular complexity index is 1090. The minimum Gasteiger partial charge on any atom is -0.493 e. The molecule has 8 heteroatoms. The Labute approximate surface area is 179 Å². The molecule has 1 saturated heterocycles. The molecule has 0 unspecified atom stereocenters. The summed E-state index contributed by atoms with van der Waals surface area (Å²) in [6.07, 6.45) is 1.57. The highest BCUT2D eigenvalue weighted by Gasteiger charge is 2.28. The Hall–Kier alpha value is -3.68. The number of hydrogen-bond donors (Lipinski definition) is 0. The molecular formula is C23H23FN4O3. The molecule has 4 rings (SSSR count). The van der Waals surface area contributed by atoms with Crippen LogP contribution in [0.4, 0.5) is 4.39 Å². The summed E-state index contributed by atoms with van der Waals surface area (Å²) in [7, 11) is 0. The van der Waals surface area contributed by atoms with Crippen LogP contribution in [0.5, 0.6) is 5.75 Å². The van der Waals surface area contributed by atoms with Crippen molar-refractivity contribution in [3.05, 3.63) is 77.9 Å². The van der Waals surface area contributed by atoms with Gasteiger partial charge in [0, 0.05) is 32.4 Å². The zero-order valence-electron chi connectivity index (χ0n) is 17.2. The third-order valence-corrected chi connectivity index (χ3v) is 5.18. The van der Waals surface area contributed by atoms with Gasteiger partial charge in [-0.25, -0.2) is 9.07 Å². The van der Waals surface area contributed by atoms with Crippen LogP contribution in [0.1, 0.15) is 27.8 Å². The fourth-order valence-electron chi connectivity index (χ4n) is 3.58. The molecule has 0 N–H and O–H groups in total. The normalized spacial score (nSPS) is 13.9. The van der Waals surface area contributed by atoms with Gasteiger partial charge in [-0.3, -0.25) is 9.59 Å². The zero-order chi connectivity index (χ0) is 21.8. The van der Waals surface area contributed by atoms with Gasteiger partial charge in [-0.2, -0.15) is 5.10 Å². The van der Waals surface area contributed by atoms with Gasteiger partial charge < -0.3 is 14.5 Å². The summed E-state index contributed by atoms with van der Waals surface area (Å²) in [4.78, 5) is 29.2. The van der Waals surface area contributed by atoms with Gasteiger partial charge in [0.25, 0.3) is 11.8 Å². The summed E-state index contributed by atoms with van der Waals surface area (Å²) in [5.74, 6) is -0.201. The number of benzene rings is 2. The van der Waals surface area contributed by atoms with Crippen LogP contribution < -0.4 is 4.74 Å². The molecule has 1 aliphatic rings. The number of nitrogens with zero attached hydrogens (tertiary/aromatic N) is 4. The quantitative estimate of drug-likeness (QED) is 0.634. The summed E-state index contributed by atoms with van der Waals surface area (Å²) < 4.78 is 20.9. The lowest BCUT2D eigenvalue weighted by molar-refractivity contribution is 0.0530. The summed E-state index contributed by atoms with van der Waals surface area (Å²) in [6, 6.07) is 15.0. The van der Waals surface area contributed by atoms with E-state index >= 15 is 0 Å². The summed E-state index contributed by atoms with van der Waals surface area (Å²) >= 11 is 0. The Balaban J connectivity index is 1.41. The van der Waals surface area contributed by atoms with E-state index in [-0.39, 0.29) is 23.2 Å². The fourth-order valence-corrected chi connectivity index (χ4v) is 3.58. The van der Waals surface area contributed by atoms with Gasteiger partial charge in [-0.05, 0) is 37.3 Å². The molecule has 2 heterocycles. The summed E-state index contributed by atoms with van der Waals surface area (Å²) in [6.45, 7) is 3.98. The lowest BCUT2D eigenvalue weighted by Gasteiger charge is -2.34. The Morgan fingerprint density at radius 1 is 0.935 bits per heavy atom. The van der Waals surface area contributed by atoms with Crippen molar-refractivity contribution in [1.82, 2.24) is 19.6 Å². The Morgan fingerprint density at radius 2 is 1.58 bits per heavy atom. The van der Waals surface area contributed by atoms with Crippen molar-refractivity contribution in [2.45, 2.75) is 6.92 Å². The van der Waals surface area contributed by atoms with E-state index in [9.17, 15) is 14.0 Å². The second-order valence-corrected chi connectivity index (χ2v) is 7.11.